The number of aliphatic hydroxyl groups is 3. The Balaban J connectivity index is 2.35. The SMILES string of the molecule is CC/C=C\C/C=C\C/C=C\C/C=C\CCC(=O)OC(COC(=O)CCCCCCCCCCCCCCCCCCCCCCCCC)COC1OC(CS(=O)(=O)O)C(O)C(O)C1O. The number of carbonyl (C=O) groups excluding carboxylic acids is 2. The highest BCUT2D eigenvalue weighted by Gasteiger charge is 2.46. The van der Waals surface area contributed by atoms with Gasteiger partial charge in [-0.15, -0.1) is 0 Å². The lowest BCUT2D eigenvalue weighted by molar-refractivity contribution is -0.297. The van der Waals surface area contributed by atoms with E-state index in [2.05, 4.69) is 44.2 Å². The second kappa shape index (κ2) is 40.8. The highest BCUT2D eigenvalue weighted by atomic mass is 32.2. The van der Waals surface area contributed by atoms with Crippen molar-refractivity contribution in [2.45, 2.75) is 243 Å². The maximum Gasteiger partial charge on any atom is 0.306 e. The van der Waals surface area contributed by atoms with Crippen molar-refractivity contribution in [3.63, 3.8) is 0 Å². The summed E-state index contributed by atoms with van der Waals surface area (Å²) >= 11 is 0. The summed E-state index contributed by atoms with van der Waals surface area (Å²) < 4.78 is 54.0. The van der Waals surface area contributed by atoms with Gasteiger partial charge in [0, 0.05) is 12.8 Å². The molecule has 6 unspecified atom stereocenters. The number of esters is 2. The molecule has 0 aromatic carbocycles. The van der Waals surface area contributed by atoms with Gasteiger partial charge in [-0.3, -0.25) is 14.1 Å². The first kappa shape index (κ1) is 59.6. The molecular weight excluding hydrogens is 837 g/mol. The highest BCUT2D eigenvalue weighted by molar-refractivity contribution is 7.85. The van der Waals surface area contributed by atoms with Crippen molar-refractivity contribution in [2.75, 3.05) is 19.0 Å². The second-order valence-electron chi connectivity index (χ2n) is 17.5. The van der Waals surface area contributed by atoms with Crippen LogP contribution in [-0.2, 0) is 38.7 Å². The Bertz CT molecular complexity index is 1360. The summed E-state index contributed by atoms with van der Waals surface area (Å²) in [7, 11) is -4.61. The minimum Gasteiger partial charge on any atom is -0.462 e. The van der Waals surface area contributed by atoms with E-state index >= 15 is 0 Å². The van der Waals surface area contributed by atoms with Gasteiger partial charge in [0.2, 0.25) is 0 Å². The molecule has 4 N–H and O–H groups in total. The standard InChI is InChI=1S/C51H90O12S/c1-3-5-7-9-11-13-15-17-18-19-20-21-22-23-24-25-26-28-29-31-33-35-37-39-46(52)60-41-44(42-61-51-50(56)49(55)48(54)45(63-51)43-64(57,58)59)62-47(53)40-38-36-34-32-30-27-16-14-12-10-8-6-4-2/h6,8,12,14,27,30,34,36,44-45,48-51,54-56H,3-5,7,9-11,13,15-26,28-29,31-33,35,37-43H2,1-2H3,(H,57,58,59)/b8-6-,14-12-,30-27-,36-34-. The van der Waals surface area contributed by atoms with E-state index in [1.165, 1.54) is 122 Å². The van der Waals surface area contributed by atoms with Crippen molar-refractivity contribution >= 4 is 22.1 Å². The van der Waals surface area contributed by atoms with E-state index in [9.17, 15) is 37.9 Å². The number of aliphatic hydroxyl groups excluding tert-OH is 3. The Labute approximate surface area is 388 Å². The van der Waals surface area contributed by atoms with Crippen molar-refractivity contribution in [2.24, 2.45) is 0 Å². The minimum atomic E-state index is -4.61. The first-order valence-corrected chi connectivity index (χ1v) is 26.8. The zero-order valence-corrected chi connectivity index (χ0v) is 40.7. The van der Waals surface area contributed by atoms with Gasteiger partial charge in [-0.25, -0.2) is 0 Å². The van der Waals surface area contributed by atoms with Crippen LogP contribution < -0.4 is 0 Å². The second-order valence-corrected chi connectivity index (χ2v) is 19.0. The fourth-order valence-corrected chi connectivity index (χ4v) is 8.27. The maximum atomic E-state index is 12.8. The van der Waals surface area contributed by atoms with E-state index in [1.807, 2.05) is 18.2 Å². The first-order valence-electron chi connectivity index (χ1n) is 25.2. The Hall–Kier alpha value is -2.39. The molecule has 1 rings (SSSR count). The summed E-state index contributed by atoms with van der Waals surface area (Å²) in [5.41, 5.74) is 0. The Morgan fingerprint density at radius 1 is 0.547 bits per heavy atom. The molecule has 1 fully saturated rings. The predicted molar refractivity (Wildman–Crippen MR) is 256 cm³/mol. The Morgan fingerprint density at radius 3 is 1.44 bits per heavy atom. The van der Waals surface area contributed by atoms with E-state index in [0.29, 0.717) is 19.3 Å². The smallest absolute Gasteiger partial charge is 0.306 e. The number of hydrogen-bond acceptors (Lipinski definition) is 11. The van der Waals surface area contributed by atoms with Gasteiger partial charge in [0.1, 0.15) is 36.8 Å². The zero-order chi connectivity index (χ0) is 46.9. The molecule has 6 atom stereocenters. The number of unbranched alkanes of at least 4 members (excludes halogenated alkanes) is 22. The van der Waals surface area contributed by atoms with Gasteiger partial charge in [0.05, 0.1) is 6.61 Å². The normalized spacial score (nSPS) is 20.0. The number of ether oxygens (including phenoxy) is 4. The van der Waals surface area contributed by atoms with Crippen LogP contribution >= 0.6 is 0 Å². The molecule has 0 aliphatic carbocycles. The van der Waals surface area contributed by atoms with Gasteiger partial charge in [-0.2, -0.15) is 8.42 Å². The summed E-state index contributed by atoms with van der Waals surface area (Å²) in [5.74, 6) is -2.08. The van der Waals surface area contributed by atoms with E-state index in [1.54, 1.807) is 0 Å². The molecule has 1 aliphatic heterocycles. The molecule has 1 heterocycles. The molecule has 1 saturated heterocycles. The maximum absolute atomic E-state index is 12.8. The van der Waals surface area contributed by atoms with Crippen LogP contribution in [0.25, 0.3) is 0 Å². The van der Waals surface area contributed by atoms with Crippen LogP contribution in [0.1, 0.15) is 206 Å². The molecule has 0 amide bonds. The predicted octanol–water partition coefficient (Wildman–Crippen LogP) is 11.1. The lowest BCUT2D eigenvalue weighted by Crippen LogP contribution is -2.60. The number of carbonyl (C=O) groups is 2. The summed E-state index contributed by atoms with van der Waals surface area (Å²) in [5, 5.41) is 30.9. The first-order chi connectivity index (χ1) is 31.0. The summed E-state index contributed by atoms with van der Waals surface area (Å²) in [4.78, 5) is 25.4. The fourth-order valence-electron chi connectivity index (χ4n) is 7.57. The molecule has 0 spiro atoms. The van der Waals surface area contributed by atoms with Crippen LogP contribution in [0.3, 0.4) is 0 Å². The van der Waals surface area contributed by atoms with E-state index in [4.69, 9.17) is 18.9 Å². The van der Waals surface area contributed by atoms with Crippen LogP contribution in [0, 0.1) is 0 Å². The minimum absolute atomic E-state index is 0.0437. The lowest BCUT2D eigenvalue weighted by atomic mass is 10.00. The van der Waals surface area contributed by atoms with Gasteiger partial charge in [-0.1, -0.05) is 204 Å². The summed E-state index contributed by atoms with van der Waals surface area (Å²) in [6.07, 6.45) is 40.5. The average molecular weight is 927 g/mol. The molecule has 0 bridgehead atoms. The number of hydrogen-bond donors (Lipinski definition) is 4. The molecule has 13 heteroatoms. The Kier molecular flexibility index (Phi) is 38.1. The lowest BCUT2D eigenvalue weighted by Gasteiger charge is -2.40. The fraction of sp³-hybridized carbons (Fsp3) is 0.804. The molecule has 0 aromatic rings. The highest BCUT2D eigenvalue weighted by Crippen LogP contribution is 2.24. The van der Waals surface area contributed by atoms with Crippen molar-refractivity contribution in [1.82, 2.24) is 0 Å². The monoisotopic (exact) mass is 927 g/mol. The molecule has 1 aliphatic rings. The van der Waals surface area contributed by atoms with Gasteiger partial charge < -0.3 is 34.3 Å². The van der Waals surface area contributed by atoms with Crippen LogP contribution in [0.5, 0.6) is 0 Å². The van der Waals surface area contributed by atoms with Gasteiger partial charge >= 0.3 is 11.9 Å². The molecule has 372 valence electrons. The van der Waals surface area contributed by atoms with Crippen molar-refractivity contribution < 1.29 is 56.8 Å². The molecule has 12 nitrogen and oxygen atoms in total. The molecule has 64 heavy (non-hydrogen) atoms. The van der Waals surface area contributed by atoms with E-state index < -0.39 is 71.2 Å². The van der Waals surface area contributed by atoms with Gasteiger partial charge in [0.15, 0.2) is 12.4 Å². The van der Waals surface area contributed by atoms with Gasteiger partial charge in [0.25, 0.3) is 10.1 Å². The zero-order valence-electron chi connectivity index (χ0n) is 39.9. The van der Waals surface area contributed by atoms with E-state index in [-0.39, 0.29) is 19.4 Å². The van der Waals surface area contributed by atoms with Crippen molar-refractivity contribution in [3.05, 3.63) is 48.6 Å². The summed E-state index contributed by atoms with van der Waals surface area (Å²) in [6.45, 7) is 3.60. The number of rotatable bonds is 42. The molecule has 0 aromatic heterocycles. The third-order valence-corrected chi connectivity index (χ3v) is 12.2. The Morgan fingerprint density at radius 2 is 0.984 bits per heavy atom. The van der Waals surface area contributed by atoms with Crippen molar-refractivity contribution in [3.8, 4) is 0 Å². The van der Waals surface area contributed by atoms with Crippen LogP contribution in [-0.4, -0.2) is 96.0 Å². The van der Waals surface area contributed by atoms with Crippen molar-refractivity contribution in [1.29, 1.82) is 0 Å². The quantitative estimate of drug-likeness (QED) is 0.0197. The molecular formula is C51H90O12S. The summed E-state index contributed by atoms with van der Waals surface area (Å²) in [6, 6.07) is 0. The number of allylic oxidation sites excluding steroid dienone is 8. The largest absolute Gasteiger partial charge is 0.462 e. The van der Waals surface area contributed by atoms with Crippen LogP contribution in [0.4, 0.5) is 0 Å². The topological polar surface area (TPSA) is 186 Å². The van der Waals surface area contributed by atoms with Gasteiger partial charge in [-0.05, 0) is 38.5 Å². The molecule has 0 saturated carbocycles. The van der Waals surface area contributed by atoms with Crippen LogP contribution in [0.2, 0.25) is 0 Å². The molecule has 0 radical (unpaired) electrons. The third-order valence-electron chi connectivity index (χ3n) is 11.4. The van der Waals surface area contributed by atoms with E-state index in [0.717, 1.165) is 38.5 Å². The average Bonchev–Trinajstić information content (AvgIpc) is 3.26. The third kappa shape index (κ3) is 34.9. The van der Waals surface area contributed by atoms with Crippen LogP contribution in [0.15, 0.2) is 48.6 Å².